The van der Waals surface area contributed by atoms with Crippen molar-refractivity contribution in [2.45, 2.75) is 50.7 Å². The van der Waals surface area contributed by atoms with E-state index >= 15 is 0 Å². The van der Waals surface area contributed by atoms with Crippen molar-refractivity contribution in [3.63, 3.8) is 0 Å². The van der Waals surface area contributed by atoms with Crippen molar-refractivity contribution >= 4 is 40.0 Å². The number of nitrogens with zero attached hydrogens (tertiary/aromatic N) is 3. The van der Waals surface area contributed by atoms with Crippen LogP contribution in [0, 0.1) is 5.92 Å². The number of aromatic nitrogens is 1. The Kier molecular flexibility index (Phi) is 8.12. The van der Waals surface area contributed by atoms with Crippen molar-refractivity contribution in [1.29, 1.82) is 0 Å². The monoisotopic (exact) mass is 523 g/mol. The molecule has 0 radical (unpaired) electrons. The van der Waals surface area contributed by atoms with E-state index in [1.165, 1.54) is 39.7 Å². The van der Waals surface area contributed by atoms with Crippen molar-refractivity contribution in [3.05, 3.63) is 41.4 Å². The van der Waals surface area contributed by atoms with Crippen LogP contribution in [0.1, 0.15) is 44.1 Å². The number of nitrogens with one attached hydrogen (secondary N) is 2. The summed E-state index contributed by atoms with van der Waals surface area (Å²) in [6.45, 7) is 0.0379. The zero-order valence-electron chi connectivity index (χ0n) is 19.6. The molecule has 36 heavy (non-hydrogen) atoms. The first kappa shape index (κ1) is 25.9. The molecular weight excluding hydrogens is 495 g/mol. The van der Waals surface area contributed by atoms with Crippen LogP contribution in [0.15, 0.2) is 35.8 Å². The Morgan fingerprint density at radius 3 is 2.58 bits per heavy atom. The van der Waals surface area contributed by atoms with Gasteiger partial charge in [0.15, 0.2) is 5.13 Å². The van der Waals surface area contributed by atoms with Crippen LogP contribution in [0.5, 0.6) is 0 Å². The summed E-state index contributed by atoms with van der Waals surface area (Å²) in [7, 11) is 0. The van der Waals surface area contributed by atoms with Gasteiger partial charge in [0.05, 0.1) is 5.56 Å². The van der Waals surface area contributed by atoms with Crippen LogP contribution >= 0.6 is 11.3 Å². The van der Waals surface area contributed by atoms with Crippen LogP contribution in [-0.4, -0.2) is 58.3 Å². The van der Waals surface area contributed by atoms with Crippen LogP contribution in [0.2, 0.25) is 0 Å². The van der Waals surface area contributed by atoms with Gasteiger partial charge in [-0.05, 0) is 30.5 Å². The summed E-state index contributed by atoms with van der Waals surface area (Å²) < 4.78 is 38.9. The molecule has 2 aliphatic rings. The van der Waals surface area contributed by atoms with Crippen LogP contribution < -0.4 is 10.6 Å². The van der Waals surface area contributed by atoms with Crippen molar-refractivity contribution in [2.75, 3.05) is 30.3 Å². The Morgan fingerprint density at radius 1 is 1.14 bits per heavy atom. The number of carbonyl (C=O) groups excluding carboxylic acids is 3. The summed E-state index contributed by atoms with van der Waals surface area (Å²) in [5, 5.41) is 7.45. The summed E-state index contributed by atoms with van der Waals surface area (Å²) in [4.78, 5) is 45.8. The Morgan fingerprint density at radius 2 is 1.92 bits per heavy atom. The number of amides is 4. The van der Waals surface area contributed by atoms with Crippen molar-refractivity contribution in [3.8, 4) is 0 Å². The molecular formula is C24H28F3N5O3S. The molecule has 4 rings (SSSR count). The molecule has 8 nitrogen and oxygen atoms in total. The summed E-state index contributed by atoms with van der Waals surface area (Å²) in [5.41, 5.74) is -0.888. The van der Waals surface area contributed by atoms with Gasteiger partial charge in [-0.3, -0.25) is 9.59 Å². The first-order valence-corrected chi connectivity index (χ1v) is 12.8. The quantitative estimate of drug-likeness (QED) is 0.568. The number of piperazine rings is 1. The molecule has 2 N–H and O–H groups in total. The molecule has 1 aromatic carbocycles. The number of carbonyl (C=O) groups is 3. The van der Waals surface area contributed by atoms with E-state index < -0.39 is 23.8 Å². The highest BCUT2D eigenvalue weighted by Gasteiger charge is 2.37. The maximum Gasteiger partial charge on any atom is 0.416 e. The number of benzene rings is 1. The average Bonchev–Trinajstić information content (AvgIpc) is 3.36. The number of hydrogen-bond acceptors (Lipinski definition) is 5. The fourth-order valence-corrected chi connectivity index (χ4v) is 5.29. The highest BCUT2D eigenvalue weighted by Crippen LogP contribution is 2.31. The van der Waals surface area contributed by atoms with Gasteiger partial charge in [-0.25, -0.2) is 9.78 Å². The summed E-state index contributed by atoms with van der Waals surface area (Å²) in [5.74, 6) is -0.345. The molecule has 2 aromatic rings. The Hall–Kier alpha value is -3.15. The van der Waals surface area contributed by atoms with E-state index in [0.717, 1.165) is 37.8 Å². The molecule has 12 heteroatoms. The van der Waals surface area contributed by atoms with Gasteiger partial charge < -0.3 is 20.4 Å². The van der Waals surface area contributed by atoms with Gasteiger partial charge in [0.1, 0.15) is 12.6 Å². The van der Waals surface area contributed by atoms with E-state index in [4.69, 9.17) is 0 Å². The van der Waals surface area contributed by atoms with Gasteiger partial charge in [0.2, 0.25) is 11.8 Å². The number of thiazole rings is 1. The number of rotatable bonds is 6. The zero-order valence-corrected chi connectivity index (χ0v) is 20.4. The number of hydrogen-bond donors (Lipinski definition) is 2. The predicted molar refractivity (Wildman–Crippen MR) is 129 cm³/mol. The molecule has 1 aliphatic carbocycles. The lowest BCUT2D eigenvalue weighted by Gasteiger charge is -2.39. The van der Waals surface area contributed by atoms with Gasteiger partial charge >= 0.3 is 12.2 Å². The molecule has 194 valence electrons. The highest BCUT2D eigenvalue weighted by atomic mass is 32.1. The van der Waals surface area contributed by atoms with Crippen molar-refractivity contribution in [1.82, 2.24) is 14.8 Å². The third-order valence-electron chi connectivity index (χ3n) is 6.61. The third kappa shape index (κ3) is 6.54. The molecule has 1 saturated carbocycles. The van der Waals surface area contributed by atoms with E-state index in [9.17, 15) is 27.6 Å². The van der Waals surface area contributed by atoms with Gasteiger partial charge in [-0.2, -0.15) is 13.2 Å². The molecule has 1 aromatic heterocycles. The molecule has 0 spiro atoms. The van der Waals surface area contributed by atoms with Crippen LogP contribution in [0.25, 0.3) is 0 Å². The molecule has 0 bridgehead atoms. The van der Waals surface area contributed by atoms with E-state index in [0.29, 0.717) is 17.5 Å². The summed E-state index contributed by atoms with van der Waals surface area (Å²) in [6, 6.07) is 2.98. The number of halogens is 3. The zero-order chi connectivity index (χ0) is 25.7. The lowest BCUT2D eigenvalue weighted by Crippen LogP contribution is -2.59. The van der Waals surface area contributed by atoms with Gasteiger partial charge in [-0.15, -0.1) is 11.3 Å². The maximum absolute atomic E-state index is 13.2. The maximum atomic E-state index is 13.2. The number of anilines is 2. The largest absolute Gasteiger partial charge is 0.416 e. The average molecular weight is 524 g/mol. The minimum atomic E-state index is -4.53. The molecule has 2 fully saturated rings. The van der Waals surface area contributed by atoms with E-state index in [-0.39, 0.29) is 37.1 Å². The minimum Gasteiger partial charge on any atom is -0.327 e. The summed E-state index contributed by atoms with van der Waals surface area (Å²) in [6.07, 6.45) is 2.98. The first-order valence-electron chi connectivity index (χ1n) is 11.9. The van der Waals surface area contributed by atoms with Crippen LogP contribution in [0.4, 0.5) is 28.8 Å². The molecule has 2 heterocycles. The smallest absolute Gasteiger partial charge is 0.327 e. The second-order valence-corrected chi connectivity index (χ2v) is 9.99. The second kappa shape index (κ2) is 11.3. The second-order valence-electron chi connectivity index (χ2n) is 9.10. The fourth-order valence-electron chi connectivity index (χ4n) is 4.75. The molecule has 1 aliphatic heterocycles. The highest BCUT2D eigenvalue weighted by molar-refractivity contribution is 7.13. The van der Waals surface area contributed by atoms with Crippen LogP contribution in [0.3, 0.4) is 0 Å². The Labute approximate surface area is 210 Å². The first-order chi connectivity index (χ1) is 17.2. The summed E-state index contributed by atoms with van der Waals surface area (Å²) >= 11 is 1.29. The van der Waals surface area contributed by atoms with Crippen LogP contribution in [-0.2, 0) is 15.8 Å². The molecule has 1 saturated heterocycles. The van der Waals surface area contributed by atoms with E-state index in [1.54, 1.807) is 11.6 Å². The predicted octanol–water partition coefficient (Wildman–Crippen LogP) is 4.82. The van der Waals surface area contributed by atoms with Crippen molar-refractivity contribution in [2.24, 2.45) is 5.92 Å². The van der Waals surface area contributed by atoms with E-state index in [1.807, 2.05) is 0 Å². The molecule has 1 atom stereocenters. The normalized spacial score (nSPS) is 18.1. The SMILES string of the molecule is O=C(Nc1nccs1)C(CC1CCCCC1)N1CCN(C(=O)Nc2cccc(C(F)(F)F)c2)CC1=O. The van der Waals surface area contributed by atoms with Gasteiger partial charge in [0.25, 0.3) is 0 Å². The molecule has 1 unspecified atom stereocenters. The lowest BCUT2D eigenvalue weighted by molar-refractivity contribution is -0.142. The van der Waals surface area contributed by atoms with Gasteiger partial charge in [-0.1, -0.05) is 38.2 Å². The third-order valence-corrected chi connectivity index (χ3v) is 7.30. The standard InChI is InChI=1S/C24H28F3N5O3S/c25-24(26,27)17-7-4-8-18(14-17)29-23(35)31-10-11-32(20(33)15-31)19(13-16-5-2-1-3-6-16)21(34)30-22-28-9-12-36-22/h4,7-9,12,14,16,19H,1-3,5-6,10-11,13,15H2,(H,29,35)(H,28,30,34). The van der Waals surface area contributed by atoms with E-state index in [2.05, 4.69) is 15.6 Å². The fraction of sp³-hybridized carbons (Fsp3) is 0.500. The molecule has 4 amide bonds. The number of alkyl halides is 3. The van der Waals surface area contributed by atoms with Crippen molar-refractivity contribution < 1.29 is 27.6 Å². The Bertz CT molecular complexity index is 1070. The minimum absolute atomic E-state index is 0.0114. The topological polar surface area (TPSA) is 94.6 Å². The Balaban J connectivity index is 1.41. The lowest BCUT2D eigenvalue weighted by atomic mass is 9.84. The van der Waals surface area contributed by atoms with Gasteiger partial charge in [0, 0.05) is 30.4 Å². The number of urea groups is 1.